The van der Waals surface area contributed by atoms with Gasteiger partial charge < -0.3 is 5.11 Å². The van der Waals surface area contributed by atoms with Gasteiger partial charge in [0.2, 0.25) is 0 Å². The third-order valence-electron chi connectivity index (χ3n) is 3.99. The highest BCUT2D eigenvalue weighted by molar-refractivity contribution is 5.86. The molecule has 3 nitrogen and oxygen atoms in total. The molecular weight excluding hydrogens is 238 g/mol. The lowest BCUT2D eigenvalue weighted by Gasteiger charge is -2.25. The molecule has 1 aliphatic carbocycles. The van der Waals surface area contributed by atoms with Gasteiger partial charge in [0.15, 0.2) is 0 Å². The van der Waals surface area contributed by atoms with Crippen molar-refractivity contribution < 1.29 is 9.90 Å². The monoisotopic (exact) mass is 255 g/mol. The summed E-state index contributed by atoms with van der Waals surface area (Å²) in [6, 6.07) is 9.66. The summed E-state index contributed by atoms with van der Waals surface area (Å²) in [6.07, 6.45) is 4.48. The van der Waals surface area contributed by atoms with Crippen molar-refractivity contribution in [2.75, 3.05) is 0 Å². The Bertz CT molecular complexity index is 601. The molecule has 0 spiro atoms. The highest BCUT2D eigenvalue weighted by Gasteiger charge is 2.21. The summed E-state index contributed by atoms with van der Waals surface area (Å²) >= 11 is 0. The van der Waals surface area contributed by atoms with Crippen LogP contribution in [0.4, 0.5) is 0 Å². The maximum atomic E-state index is 10.8. The van der Waals surface area contributed by atoms with Gasteiger partial charge in [0.1, 0.15) is 6.29 Å². The first-order chi connectivity index (χ1) is 9.26. The highest BCUT2D eigenvalue weighted by atomic mass is 16.3. The number of benzene rings is 1. The van der Waals surface area contributed by atoms with Crippen LogP contribution >= 0.6 is 0 Å². The van der Waals surface area contributed by atoms with Crippen molar-refractivity contribution in [3.05, 3.63) is 41.6 Å². The van der Waals surface area contributed by atoms with E-state index in [0.717, 1.165) is 48.6 Å². The van der Waals surface area contributed by atoms with E-state index in [9.17, 15) is 9.90 Å². The molecule has 1 aromatic heterocycles. The van der Waals surface area contributed by atoms with Crippen molar-refractivity contribution in [2.24, 2.45) is 0 Å². The fraction of sp³-hybridized carbons (Fsp3) is 0.375. The molecule has 98 valence electrons. The number of hydrogen-bond acceptors (Lipinski definition) is 3. The summed E-state index contributed by atoms with van der Waals surface area (Å²) in [7, 11) is 0. The van der Waals surface area contributed by atoms with Crippen LogP contribution in [-0.2, 0) is 0 Å². The van der Waals surface area contributed by atoms with Gasteiger partial charge in [0.05, 0.1) is 11.6 Å². The zero-order chi connectivity index (χ0) is 13.2. The quantitative estimate of drug-likeness (QED) is 0.839. The third-order valence-corrected chi connectivity index (χ3v) is 3.99. The molecule has 0 amide bonds. The van der Waals surface area contributed by atoms with Crippen LogP contribution in [0.1, 0.15) is 47.7 Å². The van der Waals surface area contributed by atoms with Crippen LogP contribution in [0.3, 0.4) is 0 Å². The molecule has 0 aliphatic heterocycles. The summed E-state index contributed by atoms with van der Waals surface area (Å²) in [5.74, 6) is 0.457. The van der Waals surface area contributed by atoms with Crippen LogP contribution in [-0.4, -0.2) is 22.5 Å². The van der Waals surface area contributed by atoms with E-state index in [1.54, 1.807) is 6.07 Å². The van der Waals surface area contributed by atoms with Crippen molar-refractivity contribution in [3.8, 4) is 0 Å². The normalized spacial score (nSPS) is 23.4. The Morgan fingerprint density at radius 1 is 1.11 bits per heavy atom. The number of aromatic nitrogens is 1. The van der Waals surface area contributed by atoms with Gasteiger partial charge >= 0.3 is 0 Å². The lowest BCUT2D eigenvalue weighted by atomic mass is 9.85. The molecule has 0 saturated heterocycles. The van der Waals surface area contributed by atoms with Crippen LogP contribution < -0.4 is 0 Å². The van der Waals surface area contributed by atoms with Crippen molar-refractivity contribution >= 4 is 17.2 Å². The molecule has 1 N–H and O–H groups in total. The van der Waals surface area contributed by atoms with E-state index in [2.05, 4.69) is 6.07 Å². The molecule has 1 saturated carbocycles. The Morgan fingerprint density at radius 3 is 2.63 bits per heavy atom. The van der Waals surface area contributed by atoms with Crippen LogP contribution in [0, 0.1) is 0 Å². The Labute approximate surface area is 112 Å². The molecule has 3 heteroatoms. The van der Waals surface area contributed by atoms with Gasteiger partial charge in [0.25, 0.3) is 0 Å². The number of aliphatic hydroxyl groups is 1. The second-order valence-corrected chi connectivity index (χ2v) is 5.31. The van der Waals surface area contributed by atoms with Gasteiger partial charge in [-0.25, -0.2) is 0 Å². The molecule has 0 radical (unpaired) electrons. The number of pyridine rings is 1. The van der Waals surface area contributed by atoms with Crippen molar-refractivity contribution in [3.63, 3.8) is 0 Å². The van der Waals surface area contributed by atoms with E-state index in [4.69, 9.17) is 4.98 Å². The molecule has 19 heavy (non-hydrogen) atoms. The lowest BCUT2D eigenvalue weighted by molar-refractivity contribution is 0.112. The molecule has 0 unspecified atom stereocenters. The first-order valence-corrected chi connectivity index (χ1v) is 6.80. The maximum Gasteiger partial charge on any atom is 0.150 e. The number of fused-ring (bicyclic) bond motifs is 1. The average Bonchev–Trinajstić information content (AvgIpc) is 2.47. The first kappa shape index (κ1) is 12.3. The van der Waals surface area contributed by atoms with E-state index in [0.29, 0.717) is 11.5 Å². The van der Waals surface area contributed by atoms with Gasteiger partial charge in [-0.15, -0.1) is 0 Å². The molecule has 0 atom stereocenters. The minimum Gasteiger partial charge on any atom is -0.393 e. The molecule has 0 bridgehead atoms. The number of aliphatic hydroxyl groups excluding tert-OH is 1. The number of rotatable bonds is 2. The van der Waals surface area contributed by atoms with Crippen LogP contribution in [0.5, 0.6) is 0 Å². The number of nitrogens with zero attached hydrogens (tertiary/aromatic N) is 1. The van der Waals surface area contributed by atoms with E-state index in [-0.39, 0.29) is 6.10 Å². The van der Waals surface area contributed by atoms with Crippen molar-refractivity contribution in [1.82, 2.24) is 4.98 Å². The summed E-state index contributed by atoms with van der Waals surface area (Å²) in [4.78, 5) is 15.5. The molecule has 1 aromatic carbocycles. The van der Waals surface area contributed by atoms with Crippen LogP contribution in [0.15, 0.2) is 30.3 Å². The highest BCUT2D eigenvalue weighted by Crippen LogP contribution is 2.32. The van der Waals surface area contributed by atoms with Gasteiger partial charge in [0, 0.05) is 22.6 Å². The standard InChI is InChI=1S/C16H17NO2/c18-10-11-1-7-16-13(9-11)4-8-15(17-16)12-2-5-14(19)6-3-12/h1,4,7-10,12,14,19H,2-3,5-6H2. The van der Waals surface area contributed by atoms with E-state index < -0.39 is 0 Å². The van der Waals surface area contributed by atoms with Gasteiger partial charge in [-0.2, -0.15) is 0 Å². The predicted octanol–water partition coefficient (Wildman–Crippen LogP) is 3.07. The van der Waals surface area contributed by atoms with Crippen molar-refractivity contribution in [1.29, 1.82) is 0 Å². The zero-order valence-corrected chi connectivity index (χ0v) is 10.7. The van der Waals surface area contributed by atoms with E-state index in [1.165, 1.54) is 0 Å². The largest absolute Gasteiger partial charge is 0.393 e. The fourth-order valence-corrected chi connectivity index (χ4v) is 2.83. The summed E-state index contributed by atoms with van der Waals surface area (Å²) in [5, 5.41) is 10.6. The Hall–Kier alpha value is -1.74. The minimum absolute atomic E-state index is 0.133. The number of carbonyl (C=O) groups excluding carboxylic acids is 1. The third kappa shape index (κ3) is 2.51. The van der Waals surface area contributed by atoms with E-state index in [1.807, 2.05) is 18.2 Å². The molecule has 1 heterocycles. The number of hydrogen-bond donors (Lipinski definition) is 1. The summed E-state index contributed by atoms with van der Waals surface area (Å²) in [6.45, 7) is 0. The van der Waals surface area contributed by atoms with E-state index >= 15 is 0 Å². The minimum atomic E-state index is -0.133. The smallest absolute Gasteiger partial charge is 0.150 e. The number of carbonyl (C=O) groups is 1. The number of aldehydes is 1. The molecule has 1 aliphatic rings. The van der Waals surface area contributed by atoms with Crippen LogP contribution in [0.2, 0.25) is 0 Å². The Balaban J connectivity index is 1.91. The molecule has 3 rings (SSSR count). The molecule has 2 aromatic rings. The second kappa shape index (κ2) is 5.10. The average molecular weight is 255 g/mol. The fourth-order valence-electron chi connectivity index (χ4n) is 2.83. The zero-order valence-electron chi connectivity index (χ0n) is 10.7. The lowest BCUT2D eigenvalue weighted by Crippen LogP contribution is -2.17. The summed E-state index contributed by atoms with van der Waals surface area (Å²) < 4.78 is 0. The second-order valence-electron chi connectivity index (χ2n) is 5.31. The van der Waals surface area contributed by atoms with Crippen molar-refractivity contribution in [2.45, 2.75) is 37.7 Å². The Morgan fingerprint density at radius 2 is 1.89 bits per heavy atom. The van der Waals surface area contributed by atoms with Crippen LogP contribution in [0.25, 0.3) is 10.9 Å². The van der Waals surface area contributed by atoms with Gasteiger partial charge in [-0.05, 0) is 49.9 Å². The predicted molar refractivity (Wildman–Crippen MR) is 74.3 cm³/mol. The molecular formula is C16H17NO2. The maximum absolute atomic E-state index is 10.8. The molecule has 1 fully saturated rings. The Kier molecular flexibility index (Phi) is 3.30. The van der Waals surface area contributed by atoms with Gasteiger partial charge in [-0.3, -0.25) is 9.78 Å². The first-order valence-electron chi connectivity index (χ1n) is 6.80. The topological polar surface area (TPSA) is 50.2 Å². The SMILES string of the molecule is O=Cc1ccc2nc(C3CCC(O)CC3)ccc2c1. The summed E-state index contributed by atoms with van der Waals surface area (Å²) in [5.41, 5.74) is 2.73. The van der Waals surface area contributed by atoms with Gasteiger partial charge in [-0.1, -0.05) is 6.07 Å².